The van der Waals surface area contributed by atoms with Gasteiger partial charge < -0.3 is 5.32 Å². The molecule has 0 saturated heterocycles. The summed E-state index contributed by atoms with van der Waals surface area (Å²) < 4.78 is 28.4. The molecular weight excluding hydrogens is 368 g/mol. The van der Waals surface area contributed by atoms with Crippen LogP contribution in [0.15, 0.2) is 95.9 Å². The predicted molar refractivity (Wildman–Crippen MR) is 114 cm³/mol. The SMILES string of the molecule is CC(CNCC(NS(=O)(=O)c1ccccc1)c1ccccc1)c1ccccc1. The topological polar surface area (TPSA) is 58.2 Å². The van der Waals surface area contributed by atoms with Crippen LogP contribution in [0, 0.1) is 0 Å². The Kier molecular flexibility index (Phi) is 6.98. The van der Waals surface area contributed by atoms with Gasteiger partial charge in [0.15, 0.2) is 0 Å². The molecule has 146 valence electrons. The summed E-state index contributed by atoms with van der Waals surface area (Å²) >= 11 is 0. The molecule has 2 atom stereocenters. The van der Waals surface area contributed by atoms with Crippen LogP contribution in [0.5, 0.6) is 0 Å². The molecule has 0 amide bonds. The number of rotatable bonds is 9. The lowest BCUT2D eigenvalue weighted by molar-refractivity contribution is 0.516. The zero-order chi connectivity index (χ0) is 19.8. The first-order valence-corrected chi connectivity index (χ1v) is 10.9. The maximum atomic E-state index is 12.8. The minimum Gasteiger partial charge on any atom is -0.314 e. The van der Waals surface area contributed by atoms with E-state index < -0.39 is 10.0 Å². The molecule has 5 heteroatoms. The lowest BCUT2D eigenvalue weighted by Gasteiger charge is -2.21. The Hall–Kier alpha value is -2.47. The first-order chi connectivity index (χ1) is 13.6. The van der Waals surface area contributed by atoms with Crippen LogP contribution in [0.3, 0.4) is 0 Å². The molecule has 0 aromatic heterocycles. The van der Waals surface area contributed by atoms with E-state index >= 15 is 0 Å². The first-order valence-electron chi connectivity index (χ1n) is 9.44. The normalized spacial score (nSPS) is 13.8. The Labute approximate surface area is 167 Å². The van der Waals surface area contributed by atoms with Gasteiger partial charge in [0.1, 0.15) is 0 Å². The van der Waals surface area contributed by atoms with Crippen LogP contribution >= 0.6 is 0 Å². The molecule has 4 nitrogen and oxygen atoms in total. The summed E-state index contributed by atoms with van der Waals surface area (Å²) in [5, 5.41) is 3.43. The van der Waals surface area contributed by atoms with E-state index in [1.54, 1.807) is 30.3 Å². The quantitative estimate of drug-likeness (QED) is 0.574. The van der Waals surface area contributed by atoms with Crippen molar-refractivity contribution < 1.29 is 8.42 Å². The summed E-state index contributed by atoms with van der Waals surface area (Å²) in [6, 6.07) is 28.1. The minimum absolute atomic E-state index is 0.272. The molecule has 0 radical (unpaired) electrons. The van der Waals surface area contributed by atoms with E-state index in [0.717, 1.165) is 12.1 Å². The molecule has 0 aliphatic heterocycles. The van der Waals surface area contributed by atoms with E-state index in [2.05, 4.69) is 29.1 Å². The summed E-state index contributed by atoms with van der Waals surface area (Å²) in [5.41, 5.74) is 2.19. The average Bonchev–Trinajstić information content (AvgIpc) is 2.75. The van der Waals surface area contributed by atoms with Gasteiger partial charge in [-0.3, -0.25) is 0 Å². The zero-order valence-corrected chi connectivity index (χ0v) is 16.8. The fraction of sp³-hybridized carbons (Fsp3) is 0.217. The van der Waals surface area contributed by atoms with Crippen molar-refractivity contribution in [2.75, 3.05) is 13.1 Å². The third-order valence-electron chi connectivity index (χ3n) is 4.72. The van der Waals surface area contributed by atoms with Crippen LogP contribution in [-0.2, 0) is 10.0 Å². The van der Waals surface area contributed by atoms with Gasteiger partial charge in [0.25, 0.3) is 0 Å². The van der Waals surface area contributed by atoms with Crippen molar-refractivity contribution in [2.45, 2.75) is 23.8 Å². The van der Waals surface area contributed by atoms with Gasteiger partial charge in [-0.25, -0.2) is 13.1 Å². The van der Waals surface area contributed by atoms with Gasteiger partial charge >= 0.3 is 0 Å². The monoisotopic (exact) mass is 394 g/mol. The lowest BCUT2D eigenvalue weighted by Crippen LogP contribution is -2.36. The Morgan fingerprint density at radius 1 is 0.714 bits per heavy atom. The third kappa shape index (κ3) is 5.52. The van der Waals surface area contributed by atoms with E-state index in [4.69, 9.17) is 0 Å². The molecule has 0 saturated carbocycles. The van der Waals surface area contributed by atoms with E-state index in [1.165, 1.54) is 5.56 Å². The van der Waals surface area contributed by atoms with E-state index in [1.807, 2.05) is 48.5 Å². The molecule has 0 bridgehead atoms. The van der Waals surface area contributed by atoms with Gasteiger partial charge in [0.2, 0.25) is 10.0 Å². The van der Waals surface area contributed by atoms with Crippen molar-refractivity contribution in [3.63, 3.8) is 0 Å². The Morgan fingerprint density at radius 2 is 1.21 bits per heavy atom. The van der Waals surface area contributed by atoms with E-state index in [-0.39, 0.29) is 10.9 Å². The van der Waals surface area contributed by atoms with Gasteiger partial charge in [-0.2, -0.15) is 0 Å². The number of hydrogen-bond acceptors (Lipinski definition) is 3. The van der Waals surface area contributed by atoms with Crippen LogP contribution < -0.4 is 10.0 Å². The van der Waals surface area contributed by atoms with Gasteiger partial charge in [-0.1, -0.05) is 85.8 Å². The van der Waals surface area contributed by atoms with Gasteiger partial charge in [0.05, 0.1) is 10.9 Å². The van der Waals surface area contributed by atoms with Crippen LogP contribution in [0.25, 0.3) is 0 Å². The summed E-state index contributed by atoms with van der Waals surface area (Å²) in [5.74, 6) is 0.336. The van der Waals surface area contributed by atoms with Crippen molar-refractivity contribution in [3.8, 4) is 0 Å². The number of sulfonamides is 1. The second kappa shape index (κ2) is 9.64. The second-order valence-electron chi connectivity index (χ2n) is 6.87. The fourth-order valence-electron chi connectivity index (χ4n) is 3.11. The molecule has 3 aromatic rings. The summed E-state index contributed by atoms with van der Waals surface area (Å²) in [4.78, 5) is 0.272. The smallest absolute Gasteiger partial charge is 0.241 e. The van der Waals surface area contributed by atoms with Crippen LogP contribution in [0.2, 0.25) is 0 Å². The molecule has 0 heterocycles. The molecule has 3 rings (SSSR count). The zero-order valence-electron chi connectivity index (χ0n) is 16.0. The molecule has 3 aromatic carbocycles. The van der Waals surface area contributed by atoms with E-state index in [0.29, 0.717) is 12.5 Å². The molecule has 28 heavy (non-hydrogen) atoms. The highest BCUT2D eigenvalue weighted by atomic mass is 32.2. The molecule has 2 N–H and O–H groups in total. The number of hydrogen-bond donors (Lipinski definition) is 2. The first kappa shape index (κ1) is 20.3. The molecular formula is C23H26N2O2S. The van der Waals surface area contributed by atoms with Gasteiger partial charge in [-0.15, -0.1) is 0 Å². The Morgan fingerprint density at radius 3 is 1.79 bits per heavy atom. The van der Waals surface area contributed by atoms with E-state index in [9.17, 15) is 8.42 Å². The molecule has 2 unspecified atom stereocenters. The second-order valence-corrected chi connectivity index (χ2v) is 8.58. The fourth-order valence-corrected chi connectivity index (χ4v) is 4.36. The highest BCUT2D eigenvalue weighted by molar-refractivity contribution is 7.89. The van der Waals surface area contributed by atoms with Crippen molar-refractivity contribution in [3.05, 3.63) is 102 Å². The third-order valence-corrected chi connectivity index (χ3v) is 6.21. The summed E-state index contributed by atoms with van der Waals surface area (Å²) in [6.07, 6.45) is 0. The molecule has 0 spiro atoms. The minimum atomic E-state index is -3.60. The number of nitrogens with one attached hydrogen (secondary N) is 2. The maximum Gasteiger partial charge on any atom is 0.241 e. The largest absolute Gasteiger partial charge is 0.314 e. The average molecular weight is 395 g/mol. The van der Waals surface area contributed by atoms with Gasteiger partial charge in [0, 0.05) is 13.1 Å². The maximum absolute atomic E-state index is 12.8. The summed E-state index contributed by atoms with van der Waals surface area (Å²) in [6.45, 7) is 3.43. The van der Waals surface area contributed by atoms with Crippen LogP contribution in [-0.4, -0.2) is 21.5 Å². The standard InChI is InChI=1S/C23H26N2O2S/c1-19(20-11-5-2-6-12-20)17-24-18-23(21-13-7-3-8-14-21)25-28(26,27)22-15-9-4-10-16-22/h2-16,19,23-25H,17-18H2,1H3. The summed E-state index contributed by atoms with van der Waals surface area (Å²) in [7, 11) is -3.60. The van der Waals surface area contributed by atoms with Crippen molar-refractivity contribution in [1.82, 2.24) is 10.0 Å². The highest BCUT2D eigenvalue weighted by Crippen LogP contribution is 2.18. The number of benzene rings is 3. The van der Waals surface area contributed by atoms with Crippen LogP contribution in [0.4, 0.5) is 0 Å². The van der Waals surface area contributed by atoms with Gasteiger partial charge in [-0.05, 0) is 29.2 Å². The van der Waals surface area contributed by atoms with Crippen molar-refractivity contribution >= 4 is 10.0 Å². The highest BCUT2D eigenvalue weighted by Gasteiger charge is 2.21. The Balaban J connectivity index is 1.70. The van der Waals surface area contributed by atoms with Crippen molar-refractivity contribution in [2.24, 2.45) is 0 Å². The predicted octanol–water partition coefficient (Wildman–Crippen LogP) is 4.10. The Bertz CT molecular complexity index is 946. The molecule has 0 fully saturated rings. The molecule has 0 aliphatic rings. The van der Waals surface area contributed by atoms with Crippen molar-refractivity contribution in [1.29, 1.82) is 0 Å². The lowest BCUT2D eigenvalue weighted by atomic mass is 10.0. The molecule has 0 aliphatic carbocycles. The van der Waals surface area contributed by atoms with Crippen LogP contribution in [0.1, 0.15) is 30.0 Å².